The Hall–Kier alpha value is -1.29. The highest BCUT2D eigenvalue weighted by Gasteiger charge is 2.30. The van der Waals surface area contributed by atoms with Gasteiger partial charge in [0.2, 0.25) is 0 Å². The number of benzene rings is 1. The van der Waals surface area contributed by atoms with Gasteiger partial charge < -0.3 is 0 Å². The predicted octanol–water partition coefficient (Wildman–Crippen LogP) is 2.83. The largest absolute Gasteiger partial charge is 0.254 e. The average molecular weight is 231 g/mol. The average Bonchev–Trinajstić information content (AvgIpc) is 2.89. The summed E-state index contributed by atoms with van der Waals surface area (Å²) in [4.78, 5) is 4.18. The molecule has 1 N–H and O–H groups in total. The molecule has 3 rings (SSSR count). The zero-order valence-corrected chi connectivity index (χ0v) is 9.87. The van der Waals surface area contributed by atoms with Gasteiger partial charge in [0, 0.05) is 5.25 Å². The maximum Gasteiger partial charge on any atom is 0.183 e. The number of rotatable bonds is 2. The number of fused-ring (bicyclic) bond motifs is 1. The van der Waals surface area contributed by atoms with Gasteiger partial charge in [-0.1, -0.05) is 43.0 Å². The summed E-state index contributed by atoms with van der Waals surface area (Å²) in [6.07, 6.45) is 2.73. The first-order valence-electron chi connectivity index (χ1n) is 5.44. The summed E-state index contributed by atoms with van der Waals surface area (Å²) in [7, 11) is 0. The minimum Gasteiger partial charge on any atom is -0.254 e. The third-order valence-electron chi connectivity index (χ3n) is 3.05. The second kappa shape index (κ2) is 3.94. The molecular weight excluding hydrogens is 218 g/mol. The standard InChI is InChI=1S/C12H13N3S/c1-8-6-9-4-2-3-5-10(9)11(8)16-12-13-7-14-15-12/h2-5,7-8,11H,6H2,1H3,(H,13,14,15). The van der Waals surface area contributed by atoms with Crippen LogP contribution in [-0.4, -0.2) is 15.2 Å². The molecule has 1 aliphatic carbocycles. The minimum absolute atomic E-state index is 0.504. The van der Waals surface area contributed by atoms with Gasteiger partial charge in [-0.3, -0.25) is 5.10 Å². The molecule has 1 aromatic carbocycles. The number of nitrogens with zero attached hydrogens (tertiary/aromatic N) is 2. The first-order valence-corrected chi connectivity index (χ1v) is 6.32. The molecule has 0 bridgehead atoms. The Morgan fingerprint density at radius 2 is 2.25 bits per heavy atom. The quantitative estimate of drug-likeness (QED) is 0.864. The Bertz CT molecular complexity index is 481. The fourth-order valence-corrected chi connectivity index (χ4v) is 3.45. The first kappa shape index (κ1) is 9.90. The summed E-state index contributed by atoms with van der Waals surface area (Å²) in [5.41, 5.74) is 2.93. The van der Waals surface area contributed by atoms with E-state index >= 15 is 0 Å². The molecule has 0 spiro atoms. The van der Waals surface area contributed by atoms with Crippen molar-refractivity contribution in [2.45, 2.75) is 23.8 Å². The second-order valence-corrected chi connectivity index (χ2v) is 5.34. The number of aromatic amines is 1. The molecule has 0 amide bonds. The Morgan fingerprint density at radius 1 is 1.38 bits per heavy atom. The van der Waals surface area contributed by atoms with Gasteiger partial charge in [0.05, 0.1) is 0 Å². The van der Waals surface area contributed by atoms with Crippen LogP contribution in [0.1, 0.15) is 23.3 Å². The Morgan fingerprint density at radius 3 is 3.06 bits per heavy atom. The molecule has 0 saturated carbocycles. The van der Waals surface area contributed by atoms with Gasteiger partial charge in [-0.25, -0.2) is 4.98 Å². The van der Waals surface area contributed by atoms with Crippen molar-refractivity contribution < 1.29 is 0 Å². The van der Waals surface area contributed by atoms with E-state index in [0.717, 1.165) is 5.16 Å². The molecule has 82 valence electrons. The van der Waals surface area contributed by atoms with Crippen LogP contribution in [0.4, 0.5) is 0 Å². The zero-order chi connectivity index (χ0) is 11.0. The Labute approximate surface area is 98.7 Å². The number of hydrogen-bond donors (Lipinski definition) is 1. The van der Waals surface area contributed by atoms with Crippen molar-refractivity contribution in [3.63, 3.8) is 0 Å². The lowest BCUT2D eigenvalue weighted by atomic mass is 10.1. The van der Waals surface area contributed by atoms with E-state index in [9.17, 15) is 0 Å². The van der Waals surface area contributed by atoms with E-state index < -0.39 is 0 Å². The molecule has 2 atom stereocenters. The van der Waals surface area contributed by atoms with E-state index in [1.54, 1.807) is 18.1 Å². The van der Waals surface area contributed by atoms with Gasteiger partial charge in [0.25, 0.3) is 0 Å². The highest BCUT2D eigenvalue weighted by Crippen LogP contribution is 2.46. The summed E-state index contributed by atoms with van der Waals surface area (Å²) in [5, 5.41) is 8.22. The van der Waals surface area contributed by atoms with Crippen LogP contribution in [0.2, 0.25) is 0 Å². The number of nitrogens with one attached hydrogen (secondary N) is 1. The normalized spacial score (nSPS) is 23.3. The predicted molar refractivity (Wildman–Crippen MR) is 64.3 cm³/mol. The minimum atomic E-state index is 0.504. The van der Waals surface area contributed by atoms with Gasteiger partial charge in [-0.2, -0.15) is 5.10 Å². The van der Waals surface area contributed by atoms with Crippen LogP contribution in [0.15, 0.2) is 35.7 Å². The molecule has 0 fully saturated rings. The maximum atomic E-state index is 4.18. The highest BCUT2D eigenvalue weighted by molar-refractivity contribution is 7.99. The van der Waals surface area contributed by atoms with Crippen LogP contribution in [0.3, 0.4) is 0 Å². The fourth-order valence-electron chi connectivity index (χ4n) is 2.31. The fraction of sp³-hybridized carbons (Fsp3) is 0.333. The topological polar surface area (TPSA) is 41.6 Å². The van der Waals surface area contributed by atoms with E-state index in [-0.39, 0.29) is 0 Å². The molecule has 4 heteroatoms. The summed E-state index contributed by atoms with van der Waals surface area (Å²) >= 11 is 1.78. The molecule has 1 aromatic heterocycles. The van der Waals surface area contributed by atoms with Crippen LogP contribution in [0.5, 0.6) is 0 Å². The highest BCUT2D eigenvalue weighted by atomic mass is 32.2. The van der Waals surface area contributed by atoms with Crippen molar-refractivity contribution in [1.82, 2.24) is 15.2 Å². The number of thioether (sulfide) groups is 1. The van der Waals surface area contributed by atoms with Gasteiger partial charge in [0.15, 0.2) is 5.16 Å². The third kappa shape index (κ3) is 1.63. The summed E-state index contributed by atoms with van der Waals surface area (Å²) in [6.45, 7) is 2.30. The lowest BCUT2D eigenvalue weighted by Crippen LogP contribution is -1.99. The molecule has 1 aliphatic rings. The van der Waals surface area contributed by atoms with Crippen molar-refractivity contribution >= 4 is 11.8 Å². The number of hydrogen-bond acceptors (Lipinski definition) is 3. The molecule has 2 aromatic rings. The summed E-state index contributed by atoms with van der Waals surface area (Å²) in [6, 6.07) is 8.69. The third-order valence-corrected chi connectivity index (χ3v) is 4.44. The summed E-state index contributed by atoms with van der Waals surface area (Å²) in [5.74, 6) is 0.660. The van der Waals surface area contributed by atoms with Crippen LogP contribution in [0.25, 0.3) is 0 Å². The van der Waals surface area contributed by atoms with Crippen molar-refractivity contribution in [2.24, 2.45) is 5.92 Å². The molecule has 0 radical (unpaired) electrons. The Balaban J connectivity index is 1.90. The zero-order valence-electron chi connectivity index (χ0n) is 9.05. The molecule has 2 unspecified atom stereocenters. The van der Waals surface area contributed by atoms with E-state index in [4.69, 9.17) is 0 Å². The van der Waals surface area contributed by atoms with E-state index in [1.807, 2.05) is 0 Å². The molecule has 1 heterocycles. The maximum absolute atomic E-state index is 4.18. The molecule has 3 nitrogen and oxygen atoms in total. The van der Waals surface area contributed by atoms with Crippen LogP contribution in [0, 0.1) is 5.92 Å². The van der Waals surface area contributed by atoms with Gasteiger partial charge in [-0.05, 0) is 23.5 Å². The summed E-state index contributed by atoms with van der Waals surface area (Å²) < 4.78 is 0. The number of aromatic nitrogens is 3. The lowest BCUT2D eigenvalue weighted by molar-refractivity contribution is 0.614. The van der Waals surface area contributed by atoms with Crippen molar-refractivity contribution in [2.75, 3.05) is 0 Å². The molecular formula is C12H13N3S. The van der Waals surface area contributed by atoms with Crippen molar-refractivity contribution in [1.29, 1.82) is 0 Å². The van der Waals surface area contributed by atoms with E-state index in [0.29, 0.717) is 11.2 Å². The second-order valence-electron chi connectivity index (χ2n) is 4.21. The first-order chi connectivity index (χ1) is 7.84. The van der Waals surface area contributed by atoms with Gasteiger partial charge in [-0.15, -0.1) is 0 Å². The van der Waals surface area contributed by atoms with Gasteiger partial charge >= 0.3 is 0 Å². The van der Waals surface area contributed by atoms with Crippen LogP contribution in [-0.2, 0) is 6.42 Å². The lowest BCUT2D eigenvalue weighted by Gasteiger charge is -2.13. The molecule has 0 aliphatic heterocycles. The van der Waals surface area contributed by atoms with E-state index in [1.165, 1.54) is 17.5 Å². The van der Waals surface area contributed by atoms with Crippen molar-refractivity contribution in [3.05, 3.63) is 41.7 Å². The van der Waals surface area contributed by atoms with Gasteiger partial charge in [0.1, 0.15) is 6.33 Å². The Kier molecular flexibility index (Phi) is 2.44. The molecule has 16 heavy (non-hydrogen) atoms. The molecule has 0 saturated heterocycles. The smallest absolute Gasteiger partial charge is 0.183 e. The van der Waals surface area contributed by atoms with Crippen LogP contribution >= 0.6 is 11.8 Å². The van der Waals surface area contributed by atoms with E-state index in [2.05, 4.69) is 46.4 Å². The monoisotopic (exact) mass is 231 g/mol. The van der Waals surface area contributed by atoms with Crippen molar-refractivity contribution in [3.8, 4) is 0 Å². The SMILES string of the molecule is CC1Cc2ccccc2C1Sc1ncn[nH]1. The van der Waals surface area contributed by atoms with Crippen LogP contribution < -0.4 is 0 Å². The number of H-pyrrole nitrogens is 1.